The first-order valence-corrected chi connectivity index (χ1v) is 7.95. The molecule has 7 heteroatoms. The molecule has 0 aliphatic carbocycles. The molecule has 114 valence electrons. The Morgan fingerprint density at radius 3 is 2.68 bits per heavy atom. The molecule has 22 heavy (non-hydrogen) atoms. The van der Waals surface area contributed by atoms with Crippen molar-refractivity contribution in [2.24, 2.45) is 0 Å². The number of hydrogen-bond donors (Lipinski definition) is 0. The lowest BCUT2D eigenvalue weighted by Gasteiger charge is -2.08. The SMILES string of the molecule is CC(C)n1cnnc1SCc1ccn(-c2ccc(F)cc2)n1. The molecule has 5 nitrogen and oxygen atoms in total. The molecule has 0 fully saturated rings. The van der Waals surface area contributed by atoms with Crippen molar-refractivity contribution in [3.8, 4) is 5.69 Å². The summed E-state index contributed by atoms with van der Waals surface area (Å²) in [6.07, 6.45) is 3.61. The summed E-state index contributed by atoms with van der Waals surface area (Å²) in [5, 5.41) is 13.5. The molecule has 0 saturated heterocycles. The molecule has 0 atom stereocenters. The molecule has 0 amide bonds. The van der Waals surface area contributed by atoms with E-state index in [2.05, 4.69) is 29.1 Å². The third-order valence-electron chi connectivity index (χ3n) is 3.18. The summed E-state index contributed by atoms with van der Waals surface area (Å²) in [5.74, 6) is 0.458. The fraction of sp³-hybridized carbons (Fsp3) is 0.267. The number of aromatic nitrogens is 5. The van der Waals surface area contributed by atoms with Crippen molar-refractivity contribution in [1.82, 2.24) is 24.5 Å². The van der Waals surface area contributed by atoms with Crippen molar-refractivity contribution in [3.63, 3.8) is 0 Å². The predicted molar refractivity (Wildman–Crippen MR) is 83.5 cm³/mol. The molecule has 0 aliphatic rings. The summed E-state index contributed by atoms with van der Waals surface area (Å²) in [5.41, 5.74) is 1.77. The third-order valence-corrected chi connectivity index (χ3v) is 4.17. The lowest BCUT2D eigenvalue weighted by atomic mass is 10.3. The minimum absolute atomic E-state index is 0.250. The number of halogens is 1. The minimum Gasteiger partial charge on any atom is -0.306 e. The van der Waals surface area contributed by atoms with Crippen molar-refractivity contribution in [2.75, 3.05) is 0 Å². The van der Waals surface area contributed by atoms with Gasteiger partial charge in [0, 0.05) is 18.0 Å². The average molecular weight is 317 g/mol. The topological polar surface area (TPSA) is 48.5 Å². The lowest BCUT2D eigenvalue weighted by Crippen LogP contribution is -2.01. The number of benzene rings is 1. The van der Waals surface area contributed by atoms with Crippen LogP contribution in [0.3, 0.4) is 0 Å². The zero-order valence-electron chi connectivity index (χ0n) is 12.3. The fourth-order valence-electron chi connectivity index (χ4n) is 2.00. The Hall–Kier alpha value is -2.15. The van der Waals surface area contributed by atoms with E-state index in [1.54, 1.807) is 34.9 Å². The minimum atomic E-state index is -0.250. The van der Waals surface area contributed by atoms with Gasteiger partial charge in [-0.2, -0.15) is 5.10 Å². The number of nitrogens with zero attached hydrogens (tertiary/aromatic N) is 5. The Balaban J connectivity index is 1.69. The summed E-state index contributed by atoms with van der Waals surface area (Å²) < 4.78 is 16.7. The van der Waals surface area contributed by atoms with Gasteiger partial charge in [-0.05, 0) is 44.2 Å². The molecule has 1 aromatic carbocycles. The standard InChI is InChI=1S/C15H16FN5S/c1-11(2)20-10-17-18-15(20)22-9-13-7-8-21(19-13)14-5-3-12(16)4-6-14/h3-8,10-11H,9H2,1-2H3. The zero-order valence-corrected chi connectivity index (χ0v) is 13.2. The first kappa shape index (κ1) is 14.8. The maximum atomic E-state index is 12.9. The van der Waals surface area contributed by atoms with Crippen LogP contribution in [0.25, 0.3) is 5.69 Å². The van der Waals surface area contributed by atoms with E-state index in [-0.39, 0.29) is 5.82 Å². The Morgan fingerprint density at radius 2 is 1.95 bits per heavy atom. The highest BCUT2D eigenvalue weighted by molar-refractivity contribution is 7.98. The van der Waals surface area contributed by atoms with Crippen LogP contribution in [-0.2, 0) is 5.75 Å². The molecule has 0 aliphatic heterocycles. The fourth-order valence-corrected chi connectivity index (χ4v) is 2.95. The van der Waals surface area contributed by atoms with Crippen LogP contribution in [-0.4, -0.2) is 24.5 Å². The summed E-state index contributed by atoms with van der Waals surface area (Å²) in [4.78, 5) is 0. The lowest BCUT2D eigenvalue weighted by molar-refractivity contribution is 0.549. The number of hydrogen-bond acceptors (Lipinski definition) is 4. The van der Waals surface area contributed by atoms with Gasteiger partial charge in [-0.25, -0.2) is 9.07 Å². The molecule has 0 bridgehead atoms. The molecule has 0 unspecified atom stereocenters. The zero-order chi connectivity index (χ0) is 15.5. The normalized spacial score (nSPS) is 11.3. The third kappa shape index (κ3) is 3.19. The molecule has 2 heterocycles. The van der Waals surface area contributed by atoms with Crippen LogP contribution >= 0.6 is 11.8 Å². The van der Waals surface area contributed by atoms with E-state index in [1.165, 1.54) is 12.1 Å². The Bertz CT molecular complexity index is 747. The molecular formula is C15H16FN5S. The molecule has 3 rings (SSSR count). The number of thioether (sulfide) groups is 1. The first-order valence-electron chi connectivity index (χ1n) is 6.96. The molecule has 0 radical (unpaired) electrons. The van der Waals surface area contributed by atoms with Gasteiger partial charge in [-0.15, -0.1) is 10.2 Å². The van der Waals surface area contributed by atoms with Crippen molar-refractivity contribution in [1.29, 1.82) is 0 Å². The van der Waals surface area contributed by atoms with Crippen LogP contribution in [0.2, 0.25) is 0 Å². The second kappa shape index (κ2) is 6.31. The maximum Gasteiger partial charge on any atom is 0.191 e. The van der Waals surface area contributed by atoms with Gasteiger partial charge in [0.05, 0.1) is 11.4 Å². The summed E-state index contributed by atoms with van der Waals surface area (Å²) in [6, 6.07) is 8.54. The van der Waals surface area contributed by atoms with Crippen LogP contribution in [0.4, 0.5) is 4.39 Å². The monoisotopic (exact) mass is 317 g/mol. The van der Waals surface area contributed by atoms with Crippen molar-refractivity contribution >= 4 is 11.8 Å². The smallest absolute Gasteiger partial charge is 0.191 e. The van der Waals surface area contributed by atoms with E-state index in [0.29, 0.717) is 11.8 Å². The van der Waals surface area contributed by atoms with E-state index in [9.17, 15) is 4.39 Å². The van der Waals surface area contributed by atoms with Gasteiger partial charge < -0.3 is 4.57 Å². The highest BCUT2D eigenvalue weighted by Crippen LogP contribution is 2.22. The second-order valence-corrected chi connectivity index (χ2v) is 6.07. The predicted octanol–water partition coefficient (Wildman–Crippen LogP) is 3.48. The molecule has 3 aromatic rings. The Labute approximate surface area is 132 Å². The Kier molecular flexibility index (Phi) is 4.24. The van der Waals surface area contributed by atoms with Crippen molar-refractivity contribution in [2.45, 2.75) is 30.8 Å². The van der Waals surface area contributed by atoms with Crippen LogP contribution < -0.4 is 0 Å². The van der Waals surface area contributed by atoms with Gasteiger partial charge in [0.15, 0.2) is 5.16 Å². The second-order valence-electron chi connectivity index (χ2n) is 5.13. The van der Waals surface area contributed by atoms with Gasteiger partial charge >= 0.3 is 0 Å². The van der Waals surface area contributed by atoms with Crippen LogP contribution in [0.5, 0.6) is 0 Å². The van der Waals surface area contributed by atoms with Crippen LogP contribution in [0.15, 0.2) is 48.0 Å². The van der Waals surface area contributed by atoms with Gasteiger partial charge in [-0.1, -0.05) is 11.8 Å². The largest absolute Gasteiger partial charge is 0.306 e. The molecule has 0 N–H and O–H groups in total. The quantitative estimate of drug-likeness (QED) is 0.676. The van der Waals surface area contributed by atoms with E-state index >= 15 is 0 Å². The van der Waals surface area contributed by atoms with Gasteiger partial charge in [-0.3, -0.25) is 0 Å². The van der Waals surface area contributed by atoms with Gasteiger partial charge in [0.2, 0.25) is 0 Å². The van der Waals surface area contributed by atoms with Gasteiger partial charge in [0.1, 0.15) is 12.1 Å². The summed E-state index contributed by atoms with van der Waals surface area (Å²) >= 11 is 1.60. The van der Waals surface area contributed by atoms with Crippen LogP contribution in [0, 0.1) is 5.82 Å². The van der Waals surface area contributed by atoms with E-state index < -0.39 is 0 Å². The maximum absolute atomic E-state index is 12.9. The Morgan fingerprint density at radius 1 is 1.18 bits per heavy atom. The van der Waals surface area contributed by atoms with E-state index in [1.807, 2.05) is 16.8 Å². The van der Waals surface area contributed by atoms with E-state index in [4.69, 9.17) is 0 Å². The van der Waals surface area contributed by atoms with Crippen molar-refractivity contribution < 1.29 is 4.39 Å². The molecule has 2 aromatic heterocycles. The average Bonchev–Trinajstić information content (AvgIpc) is 3.15. The molecule has 0 spiro atoms. The molecular weight excluding hydrogens is 301 g/mol. The van der Waals surface area contributed by atoms with Gasteiger partial charge in [0.25, 0.3) is 0 Å². The molecule has 0 saturated carbocycles. The number of rotatable bonds is 5. The summed E-state index contributed by atoms with van der Waals surface area (Å²) in [7, 11) is 0. The van der Waals surface area contributed by atoms with Crippen LogP contribution in [0.1, 0.15) is 25.6 Å². The highest BCUT2D eigenvalue weighted by atomic mass is 32.2. The highest BCUT2D eigenvalue weighted by Gasteiger charge is 2.09. The van der Waals surface area contributed by atoms with E-state index in [0.717, 1.165) is 16.5 Å². The van der Waals surface area contributed by atoms with Crippen molar-refractivity contribution in [3.05, 3.63) is 54.4 Å². The first-order chi connectivity index (χ1) is 10.6. The summed E-state index contributed by atoms with van der Waals surface area (Å²) in [6.45, 7) is 4.19.